The van der Waals surface area contributed by atoms with E-state index in [-0.39, 0.29) is 4.90 Å². The Morgan fingerprint density at radius 3 is 2.29 bits per heavy atom. The normalized spacial score (nSPS) is 11.5. The van der Waals surface area contributed by atoms with Gasteiger partial charge in [-0.05, 0) is 61.7 Å². The third-order valence-corrected chi connectivity index (χ3v) is 6.09. The van der Waals surface area contributed by atoms with Crippen molar-refractivity contribution in [1.82, 2.24) is 4.83 Å². The molecule has 7 heteroatoms. The van der Waals surface area contributed by atoms with Crippen LogP contribution in [0.4, 0.5) is 0 Å². The molecule has 0 aliphatic carbocycles. The molecule has 162 valence electrons. The second-order valence-electron chi connectivity index (χ2n) is 7.31. The number of hydrogen-bond donors (Lipinski definition) is 1. The van der Waals surface area contributed by atoms with E-state index in [0.717, 1.165) is 11.1 Å². The van der Waals surface area contributed by atoms with Crippen LogP contribution < -0.4 is 14.3 Å². The lowest BCUT2D eigenvalue weighted by atomic mass is 10.1. The summed E-state index contributed by atoms with van der Waals surface area (Å²) in [7, 11) is -2.19. The summed E-state index contributed by atoms with van der Waals surface area (Å²) < 4.78 is 36.4. The lowest BCUT2D eigenvalue weighted by Gasteiger charge is -2.12. The van der Waals surface area contributed by atoms with Gasteiger partial charge in [0.1, 0.15) is 6.61 Å². The Labute approximate surface area is 183 Å². The van der Waals surface area contributed by atoms with Crippen molar-refractivity contribution in [2.24, 2.45) is 5.10 Å². The molecule has 3 aromatic carbocycles. The van der Waals surface area contributed by atoms with Gasteiger partial charge >= 0.3 is 0 Å². The van der Waals surface area contributed by atoms with Gasteiger partial charge in [0, 0.05) is 0 Å². The molecule has 0 bridgehead atoms. The molecular weight excluding hydrogens is 412 g/mol. The molecule has 0 spiro atoms. The van der Waals surface area contributed by atoms with Crippen molar-refractivity contribution in [3.05, 3.63) is 88.5 Å². The topological polar surface area (TPSA) is 77.0 Å². The van der Waals surface area contributed by atoms with Gasteiger partial charge in [-0.2, -0.15) is 13.5 Å². The minimum absolute atomic E-state index is 0.201. The van der Waals surface area contributed by atoms with Crippen molar-refractivity contribution in [3.63, 3.8) is 0 Å². The molecule has 0 amide bonds. The summed E-state index contributed by atoms with van der Waals surface area (Å²) in [5.41, 5.74) is 4.55. The molecule has 0 aliphatic heterocycles. The van der Waals surface area contributed by atoms with E-state index in [1.807, 2.05) is 44.2 Å². The Morgan fingerprint density at radius 2 is 1.61 bits per heavy atom. The van der Waals surface area contributed by atoms with E-state index in [1.54, 1.807) is 44.4 Å². The molecule has 1 N–H and O–H groups in total. The summed E-state index contributed by atoms with van der Waals surface area (Å²) in [4.78, 5) is 2.47. The first kappa shape index (κ1) is 22.4. The standard InChI is InChI=1S/C24H26N2O4S/c1-17-5-8-20(9-6-17)16-30-23-14-21(10-11-22(23)29-4)15-25-26-31(27,28)24-12-7-18(2)13-19(24)3/h5-15,26H,16H2,1-4H3/b25-15+. The van der Waals surface area contributed by atoms with E-state index in [0.29, 0.717) is 29.2 Å². The molecule has 0 fully saturated rings. The average molecular weight is 439 g/mol. The van der Waals surface area contributed by atoms with Crippen LogP contribution in [-0.4, -0.2) is 21.7 Å². The van der Waals surface area contributed by atoms with Gasteiger partial charge in [0.15, 0.2) is 11.5 Å². The number of aryl methyl sites for hydroxylation is 3. The summed E-state index contributed by atoms with van der Waals surface area (Å²) in [6.45, 7) is 6.09. The van der Waals surface area contributed by atoms with Crippen LogP contribution in [0.25, 0.3) is 0 Å². The zero-order chi connectivity index (χ0) is 22.4. The third kappa shape index (κ3) is 5.86. The number of methoxy groups -OCH3 is 1. The number of benzene rings is 3. The molecule has 0 atom stereocenters. The molecule has 0 heterocycles. The van der Waals surface area contributed by atoms with Crippen molar-refractivity contribution in [1.29, 1.82) is 0 Å². The molecule has 0 radical (unpaired) electrons. The Morgan fingerprint density at radius 1 is 0.903 bits per heavy atom. The maximum atomic E-state index is 12.5. The molecule has 0 aromatic heterocycles. The monoisotopic (exact) mass is 438 g/mol. The second-order valence-corrected chi connectivity index (χ2v) is 8.94. The summed E-state index contributed by atoms with van der Waals surface area (Å²) in [6.07, 6.45) is 1.43. The van der Waals surface area contributed by atoms with Gasteiger partial charge in [0.25, 0.3) is 10.0 Å². The van der Waals surface area contributed by atoms with E-state index >= 15 is 0 Å². The van der Waals surface area contributed by atoms with E-state index in [1.165, 1.54) is 11.8 Å². The van der Waals surface area contributed by atoms with Crippen molar-refractivity contribution in [2.45, 2.75) is 32.3 Å². The molecule has 0 saturated carbocycles. The number of nitrogens with zero attached hydrogens (tertiary/aromatic N) is 1. The van der Waals surface area contributed by atoms with Crippen LogP contribution in [0.15, 0.2) is 70.7 Å². The van der Waals surface area contributed by atoms with Crippen LogP contribution in [-0.2, 0) is 16.6 Å². The highest BCUT2D eigenvalue weighted by atomic mass is 32.2. The quantitative estimate of drug-likeness (QED) is 0.415. The Hall–Kier alpha value is -3.32. The molecule has 0 unspecified atom stereocenters. The second kappa shape index (κ2) is 9.66. The predicted octanol–water partition coefficient (Wildman–Crippen LogP) is 4.51. The van der Waals surface area contributed by atoms with Gasteiger partial charge in [-0.15, -0.1) is 0 Å². The minimum atomic E-state index is -3.75. The van der Waals surface area contributed by atoms with Crippen LogP contribution in [0.3, 0.4) is 0 Å². The molecule has 31 heavy (non-hydrogen) atoms. The molecule has 3 rings (SSSR count). The van der Waals surface area contributed by atoms with Crippen molar-refractivity contribution in [2.75, 3.05) is 7.11 Å². The predicted molar refractivity (Wildman–Crippen MR) is 122 cm³/mol. The molecule has 6 nitrogen and oxygen atoms in total. The smallest absolute Gasteiger partial charge is 0.276 e. The van der Waals surface area contributed by atoms with Crippen molar-refractivity contribution >= 4 is 16.2 Å². The molecule has 0 aliphatic rings. The van der Waals surface area contributed by atoms with E-state index in [4.69, 9.17) is 9.47 Å². The third-order valence-electron chi connectivity index (χ3n) is 4.71. The Bertz CT molecular complexity index is 1190. The van der Waals surface area contributed by atoms with Gasteiger partial charge < -0.3 is 9.47 Å². The number of nitrogens with one attached hydrogen (secondary N) is 1. The van der Waals surface area contributed by atoms with Gasteiger partial charge in [-0.1, -0.05) is 47.5 Å². The highest BCUT2D eigenvalue weighted by Crippen LogP contribution is 2.28. The Balaban J connectivity index is 1.73. The van der Waals surface area contributed by atoms with Gasteiger partial charge in [-0.25, -0.2) is 4.83 Å². The van der Waals surface area contributed by atoms with Crippen molar-refractivity contribution in [3.8, 4) is 11.5 Å². The first-order chi connectivity index (χ1) is 14.8. The van der Waals surface area contributed by atoms with Gasteiger partial charge in [0.2, 0.25) is 0 Å². The first-order valence-corrected chi connectivity index (χ1v) is 11.3. The van der Waals surface area contributed by atoms with E-state index in [2.05, 4.69) is 9.93 Å². The summed E-state index contributed by atoms with van der Waals surface area (Å²) in [5, 5.41) is 3.92. The Kier molecular flexibility index (Phi) is 6.97. The van der Waals surface area contributed by atoms with Crippen LogP contribution in [0, 0.1) is 20.8 Å². The SMILES string of the molecule is COc1ccc(/C=N/NS(=O)(=O)c2ccc(C)cc2C)cc1OCc1ccc(C)cc1. The fraction of sp³-hybridized carbons (Fsp3) is 0.208. The van der Waals surface area contributed by atoms with Gasteiger partial charge in [0.05, 0.1) is 18.2 Å². The maximum absolute atomic E-state index is 12.5. The number of ether oxygens (including phenoxy) is 2. The minimum Gasteiger partial charge on any atom is -0.493 e. The van der Waals surface area contributed by atoms with Crippen LogP contribution in [0.1, 0.15) is 27.8 Å². The van der Waals surface area contributed by atoms with Gasteiger partial charge in [-0.3, -0.25) is 0 Å². The lowest BCUT2D eigenvalue weighted by molar-refractivity contribution is 0.284. The summed E-state index contributed by atoms with van der Waals surface area (Å²) in [6, 6.07) is 18.5. The highest BCUT2D eigenvalue weighted by molar-refractivity contribution is 7.89. The van der Waals surface area contributed by atoms with Crippen LogP contribution >= 0.6 is 0 Å². The molecule has 3 aromatic rings. The molecule has 0 saturated heterocycles. The van der Waals surface area contributed by atoms with E-state index in [9.17, 15) is 8.42 Å². The average Bonchev–Trinajstić information content (AvgIpc) is 2.73. The zero-order valence-corrected chi connectivity index (χ0v) is 18.9. The van der Waals surface area contributed by atoms with E-state index < -0.39 is 10.0 Å². The largest absolute Gasteiger partial charge is 0.493 e. The maximum Gasteiger partial charge on any atom is 0.276 e. The number of hydrazone groups is 1. The summed E-state index contributed by atoms with van der Waals surface area (Å²) >= 11 is 0. The lowest BCUT2D eigenvalue weighted by Crippen LogP contribution is -2.19. The highest BCUT2D eigenvalue weighted by Gasteiger charge is 2.15. The number of sulfonamides is 1. The number of hydrogen-bond acceptors (Lipinski definition) is 5. The van der Waals surface area contributed by atoms with Crippen LogP contribution in [0.2, 0.25) is 0 Å². The first-order valence-electron chi connectivity index (χ1n) is 9.77. The fourth-order valence-electron chi connectivity index (χ4n) is 3.05. The summed E-state index contributed by atoms with van der Waals surface area (Å²) in [5.74, 6) is 1.13. The van der Waals surface area contributed by atoms with Crippen molar-refractivity contribution < 1.29 is 17.9 Å². The number of rotatable bonds is 8. The fourth-order valence-corrected chi connectivity index (χ4v) is 4.07. The molecular formula is C24H26N2O4S. The van der Waals surface area contributed by atoms with Crippen LogP contribution in [0.5, 0.6) is 11.5 Å². The zero-order valence-electron chi connectivity index (χ0n) is 18.0.